The third-order valence-electron chi connectivity index (χ3n) is 4.99. The second-order valence-electron chi connectivity index (χ2n) is 8.35. The van der Waals surface area contributed by atoms with Gasteiger partial charge in [0.25, 0.3) is 0 Å². The maximum Gasteiger partial charge on any atom is 0.508 e. The van der Waals surface area contributed by atoms with Crippen molar-refractivity contribution in [1.82, 2.24) is 0 Å². The molecular weight excluding hydrogens is 440 g/mol. The van der Waals surface area contributed by atoms with Crippen LogP contribution in [-0.4, -0.2) is 57.3 Å². The van der Waals surface area contributed by atoms with E-state index in [1.807, 2.05) is 0 Å². The number of hydrogen-bond donors (Lipinski definition) is 0. The quantitative estimate of drug-likeness (QED) is 0.107. The van der Waals surface area contributed by atoms with Crippen molar-refractivity contribution in [1.29, 1.82) is 0 Å². The maximum absolute atomic E-state index is 6.61. The van der Waals surface area contributed by atoms with Crippen LogP contribution in [0.15, 0.2) is 0 Å². The zero-order valence-electron chi connectivity index (χ0n) is 22.3. The van der Waals surface area contributed by atoms with E-state index in [2.05, 4.69) is 48.5 Å². The molecule has 0 bridgehead atoms. The molecule has 0 fully saturated rings. The molecule has 0 saturated carbocycles. The fourth-order valence-electron chi connectivity index (χ4n) is 3.49. The number of unbranched alkanes of at least 4 members (excludes halogenated alkanes) is 2. The van der Waals surface area contributed by atoms with Gasteiger partial charge in [0, 0.05) is 39.6 Å². The monoisotopic (exact) mass is 494 g/mol. The molecule has 0 rings (SSSR count). The van der Waals surface area contributed by atoms with Gasteiger partial charge in [0.2, 0.25) is 0 Å². The average molecular weight is 495 g/mol. The molecule has 0 aromatic rings. The molecule has 194 valence electrons. The van der Waals surface area contributed by atoms with Crippen molar-refractivity contribution < 1.29 is 26.6 Å². The first kappa shape index (κ1) is 32.2. The first-order valence-electron chi connectivity index (χ1n) is 13.4. The van der Waals surface area contributed by atoms with Crippen LogP contribution < -0.4 is 0 Å². The predicted octanol–water partition coefficient (Wildman–Crippen LogP) is 6.91. The summed E-state index contributed by atoms with van der Waals surface area (Å²) in [4.78, 5) is 0. The molecular formula is C24H54O6Si2. The van der Waals surface area contributed by atoms with E-state index in [0.29, 0.717) is 39.6 Å². The van der Waals surface area contributed by atoms with Crippen LogP contribution in [0.4, 0.5) is 0 Å². The lowest BCUT2D eigenvalue weighted by Crippen LogP contribution is -2.64. The Balaban J connectivity index is 6.50. The van der Waals surface area contributed by atoms with Crippen molar-refractivity contribution in [2.45, 2.75) is 118 Å². The Morgan fingerprint density at radius 1 is 0.406 bits per heavy atom. The summed E-state index contributed by atoms with van der Waals surface area (Å²) in [5.41, 5.74) is 0. The zero-order chi connectivity index (χ0) is 24.1. The Kier molecular flexibility index (Phi) is 20.7. The highest BCUT2D eigenvalue weighted by Gasteiger charge is 2.65. The highest BCUT2D eigenvalue weighted by Crippen LogP contribution is 2.41. The van der Waals surface area contributed by atoms with Crippen molar-refractivity contribution in [2.75, 3.05) is 39.6 Å². The fraction of sp³-hybridized carbons (Fsp3) is 1.00. The van der Waals surface area contributed by atoms with E-state index in [0.717, 1.165) is 64.2 Å². The summed E-state index contributed by atoms with van der Waals surface area (Å²) in [5.74, 6) is 0. The molecule has 0 spiro atoms. The number of hydrogen-bond acceptors (Lipinski definition) is 6. The standard InChI is InChI=1S/C24H54O6Si2/c1-8-15-16-17-24(31(25-18-9-2,26-19-10-3)27-20-11-4)32(28-21-12-5,29-22-13-6)30-23-14-7/h24H,8-23H2,1-7H3. The van der Waals surface area contributed by atoms with E-state index in [4.69, 9.17) is 26.6 Å². The minimum atomic E-state index is -3.14. The molecule has 0 aromatic carbocycles. The summed E-state index contributed by atoms with van der Waals surface area (Å²) in [5, 5.41) is -0.101. The van der Waals surface area contributed by atoms with Crippen molar-refractivity contribution in [2.24, 2.45) is 0 Å². The minimum Gasteiger partial charge on any atom is -0.373 e. The van der Waals surface area contributed by atoms with Crippen molar-refractivity contribution in [3.05, 3.63) is 0 Å². The van der Waals surface area contributed by atoms with Crippen LogP contribution in [0, 0.1) is 0 Å². The van der Waals surface area contributed by atoms with Crippen molar-refractivity contribution in [3.8, 4) is 0 Å². The zero-order valence-corrected chi connectivity index (χ0v) is 24.3. The van der Waals surface area contributed by atoms with Gasteiger partial charge in [-0.25, -0.2) is 0 Å². The summed E-state index contributed by atoms with van der Waals surface area (Å²) >= 11 is 0. The Hall–Kier alpha value is 0.194. The second kappa shape index (κ2) is 20.6. The fourth-order valence-corrected chi connectivity index (χ4v) is 12.5. The predicted molar refractivity (Wildman–Crippen MR) is 137 cm³/mol. The maximum atomic E-state index is 6.61. The topological polar surface area (TPSA) is 55.4 Å². The lowest BCUT2D eigenvalue weighted by Gasteiger charge is -2.43. The van der Waals surface area contributed by atoms with Crippen LogP contribution in [0.5, 0.6) is 0 Å². The summed E-state index contributed by atoms with van der Waals surface area (Å²) in [6, 6.07) is 0. The molecule has 0 heterocycles. The molecule has 0 aliphatic carbocycles. The molecule has 0 radical (unpaired) electrons. The van der Waals surface area contributed by atoms with Gasteiger partial charge in [-0.3, -0.25) is 0 Å². The molecule has 0 aliphatic heterocycles. The Labute approximate surface area is 201 Å². The summed E-state index contributed by atoms with van der Waals surface area (Å²) in [7, 11) is -6.27. The van der Waals surface area contributed by atoms with E-state index in [9.17, 15) is 0 Å². The van der Waals surface area contributed by atoms with E-state index < -0.39 is 17.6 Å². The second-order valence-corrected chi connectivity index (χ2v) is 14.5. The molecule has 0 N–H and O–H groups in total. The third kappa shape index (κ3) is 11.6. The molecule has 0 aromatic heterocycles. The molecule has 6 nitrogen and oxygen atoms in total. The molecule has 0 amide bonds. The lowest BCUT2D eigenvalue weighted by atomic mass is 10.2. The molecule has 8 heteroatoms. The third-order valence-corrected chi connectivity index (χ3v) is 13.0. The van der Waals surface area contributed by atoms with E-state index in [1.165, 1.54) is 0 Å². The van der Waals surface area contributed by atoms with Crippen LogP contribution in [0.3, 0.4) is 0 Å². The average Bonchev–Trinajstić information content (AvgIpc) is 2.82. The smallest absolute Gasteiger partial charge is 0.373 e. The SMILES string of the molecule is CCCCCC([Si](OCCC)(OCCC)OCCC)[Si](OCCC)(OCCC)OCCC. The molecule has 32 heavy (non-hydrogen) atoms. The van der Waals surface area contributed by atoms with E-state index in [1.54, 1.807) is 0 Å². The highest BCUT2D eigenvalue weighted by molar-refractivity contribution is 6.82. The van der Waals surface area contributed by atoms with Gasteiger partial charge in [-0.2, -0.15) is 0 Å². The first-order chi connectivity index (χ1) is 15.6. The Bertz CT molecular complexity index is 338. The van der Waals surface area contributed by atoms with Gasteiger partial charge in [-0.1, -0.05) is 67.7 Å². The Morgan fingerprint density at radius 3 is 0.906 bits per heavy atom. The van der Waals surface area contributed by atoms with Crippen LogP contribution >= 0.6 is 0 Å². The Morgan fingerprint density at radius 2 is 0.688 bits per heavy atom. The van der Waals surface area contributed by atoms with Gasteiger partial charge in [0.15, 0.2) is 0 Å². The van der Waals surface area contributed by atoms with Gasteiger partial charge in [-0.15, -0.1) is 0 Å². The highest BCUT2D eigenvalue weighted by atomic mass is 28.5. The van der Waals surface area contributed by atoms with Crippen LogP contribution in [-0.2, 0) is 26.6 Å². The molecule has 0 aliphatic rings. The molecule has 0 atom stereocenters. The molecule has 0 saturated heterocycles. The first-order valence-corrected chi connectivity index (χ1v) is 17.0. The van der Waals surface area contributed by atoms with Gasteiger partial charge in [-0.05, 0) is 44.9 Å². The summed E-state index contributed by atoms with van der Waals surface area (Å²) in [6.45, 7) is 18.7. The van der Waals surface area contributed by atoms with Crippen molar-refractivity contribution >= 4 is 17.6 Å². The summed E-state index contributed by atoms with van der Waals surface area (Å²) in [6.07, 6.45) is 9.74. The van der Waals surface area contributed by atoms with Crippen LogP contribution in [0.1, 0.15) is 113 Å². The van der Waals surface area contributed by atoms with Gasteiger partial charge >= 0.3 is 17.6 Å². The van der Waals surface area contributed by atoms with Crippen molar-refractivity contribution in [3.63, 3.8) is 0 Å². The minimum absolute atomic E-state index is 0.101. The number of rotatable bonds is 24. The lowest BCUT2D eigenvalue weighted by molar-refractivity contribution is 0.0203. The van der Waals surface area contributed by atoms with Crippen LogP contribution in [0.25, 0.3) is 0 Å². The van der Waals surface area contributed by atoms with Gasteiger partial charge < -0.3 is 26.6 Å². The van der Waals surface area contributed by atoms with Gasteiger partial charge in [0.05, 0.1) is 5.16 Å². The van der Waals surface area contributed by atoms with Crippen LogP contribution in [0.2, 0.25) is 5.16 Å². The van der Waals surface area contributed by atoms with Gasteiger partial charge in [0.1, 0.15) is 0 Å². The molecule has 0 unspecified atom stereocenters. The normalized spacial score (nSPS) is 12.8. The van der Waals surface area contributed by atoms with E-state index >= 15 is 0 Å². The largest absolute Gasteiger partial charge is 0.508 e. The summed E-state index contributed by atoms with van der Waals surface area (Å²) < 4.78 is 39.7. The van der Waals surface area contributed by atoms with E-state index in [-0.39, 0.29) is 5.16 Å².